The lowest BCUT2D eigenvalue weighted by Crippen LogP contribution is -2.49. The van der Waals surface area contributed by atoms with Crippen LogP contribution in [-0.4, -0.2) is 67.3 Å². The van der Waals surface area contributed by atoms with Crippen molar-refractivity contribution in [2.75, 3.05) is 20.8 Å². The number of rotatable bonds is 11. The molecular formula is C29H52O7Si2. The van der Waals surface area contributed by atoms with E-state index in [0.29, 0.717) is 19.6 Å². The number of carbonyl (C=O) groups excluding carboxylic acids is 1. The topological polar surface area (TPSA) is 72.5 Å². The van der Waals surface area contributed by atoms with Crippen LogP contribution in [0.4, 0.5) is 0 Å². The van der Waals surface area contributed by atoms with E-state index in [2.05, 4.69) is 67.7 Å². The summed E-state index contributed by atoms with van der Waals surface area (Å²) in [7, 11) is -1.21. The lowest BCUT2D eigenvalue weighted by Gasteiger charge is -2.40. The summed E-state index contributed by atoms with van der Waals surface area (Å²) in [6, 6.07) is 7.82. The van der Waals surface area contributed by atoms with E-state index in [9.17, 15) is 4.79 Å². The first-order valence-corrected chi connectivity index (χ1v) is 19.4. The number of carbonyl (C=O) groups is 1. The molecule has 38 heavy (non-hydrogen) atoms. The van der Waals surface area contributed by atoms with E-state index in [1.54, 1.807) is 7.11 Å². The Hall–Kier alpha value is -1.24. The van der Waals surface area contributed by atoms with Gasteiger partial charge in [0.15, 0.2) is 22.7 Å². The van der Waals surface area contributed by atoms with Crippen molar-refractivity contribution in [1.82, 2.24) is 0 Å². The summed E-state index contributed by atoms with van der Waals surface area (Å²) in [6.07, 6.45) is -1.15. The fourth-order valence-corrected chi connectivity index (χ4v) is 6.24. The third-order valence-electron chi connectivity index (χ3n) is 8.72. The predicted molar refractivity (Wildman–Crippen MR) is 157 cm³/mol. The molecule has 1 aromatic rings. The maximum atomic E-state index is 12.9. The number of benzene rings is 1. The van der Waals surface area contributed by atoms with Crippen LogP contribution in [0.3, 0.4) is 0 Å². The molecule has 0 aliphatic carbocycles. The van der Waals surface area contributed by atoms with Crippen LogP contribution in [0, 0.1) is 0 Å². The van der Waals surface area contributed by atoms with Gasteiger partial charge in [-0.2, -0.15) is 0 Å². The number of hydrogen-bond donors (Lipinski definition) is 0. The third kappa shape index (κ3) is 7.91. The fraction of sp³-hybridized carbons (Fsp3) is 0.759. The fourth-order valence-electron chi connectivity index (χ4n) is 3.92. The van der Waals surface area contributed by atoms with Crippen LogP contribution in [0.2, 0.25) is 36.3 Å². The number of esters is 1. The standard InChI is InChI=1S/C29H52O7Si2/c1-27(2,3)37(10,11)34-20-24(33-19-21-14-16-22(31-8)17-15-21)29(7)18-23(25(35-29)26(30)32-9)36-38(12,13)28(4,5)6/h14-17,23-25H,18-20H2,1-13H3/t23-,24+,25+,29-/m1/s1. The van der Waals surface area contributed by atoms with Crippen molar-refractivity contribution in [2.24, 2.45) is 0 Å². The van der Waals surface area contributed by atoms with Crippen LogP contribution in [-0.2, 0) is 34.5 Å². The van der Waals surface area contributed by atoms with Crippen LogP contribution >= 0.6 is 0 Å². The lowest BCUT2D eigenvalue weighted by atomic mass is 9.94. The van der Waals surface area contributed by atoms with E-state index < -0.39 is 46.5 Å². The first kappa shape index (κ1) is 33.0. The molecule has 1 aliphatic heterocycles. The molecular weight excluding hydrogens is 516 g/mol. The Morgan fingerprint density at radius 1 is 1.00 bits per heavy atom. The van der Waals surface area contributed by atoms with Crippen molar-refractivity contribution in [3.63, 3.8) is 0 Å². The van der Waals surface area contributed by atoms with Gasteiger partial charge in [0.1, 0.15) is 11.9 Å². The summed E-state index contributed by atoms with van der Waals surface area (Å²) in [5.41, 5.74) is 0.212. The van der Waals surface area contributed by atoms with Gasteiger partial charge in [-0.25, -0.2) is 4.79 Å². The molecule has 0 bridgehead atoms. The molecule has 0 N–H and O–H groups in total. The molecule has 0 radical (unpaired) electrons. The summed E-state index contributed by atoms with van der Waals surface area (Å²) >= 11 is 0. The maximum Gasteiger partial charge on any atom is 0.337 e. The van der Waals surface area contributed by atoms with E-state index in [1.807, 2.05) is 31.2 Å². The molecule has 218 valence electrons. The monoisotopic (exact) mass is 568 g/mol. The molecule has 1 aromatic carbocycles. The molecule has 7 nitrogen and oxygen atoms in total. The quantitative estimate of drug-likeness (QED) is 0.217. The SMILES string of the molecule is COC(=O)[C@H]1O[C@@](C)([C@H](CO[Si](C)(C)C(C)(C)C)OCc2ccc(OC)cc2)C[C@H]1O[Si](C)(C)C(C)(C)C. The van der Waals surface area contributed by atoms with Crippen LogP contribution < -0.4 is 4.74 Å². The first-order chi connectivity index (χ1) is 17.3. The Kier molecular flexibility index (Phi) is 10.5. The zero-order chi connectivity index (χ0) is 29.2. The molecule has 1 saturated heterocycles. The van der Waals surface area contributed by atoms with Gasteiger partial charge in [0.25, 0.3) is 0 Å². The zero-order valence-corrected chi connectivity index (χ0v) is 28.0. The molecule has 0 aromatic heterocycles. The molecule has 1 heterocycles. The number of ether oxygens (including phenoxy) is 4. The summed E-state index contributed by atoms with van der Waals surface area (Å²) in [5, 5.41) is 0.0376. The van der Waals surface area contributed by atoms with Crippen molar-refractivity contribution < 1.29 is 32.6 Å². The number of hydrogen-bond acceptors (Lipinski definition) is 7. The summed E-state index contributed by atoms with van der Waals surface area (Å²) in [5.74, 6) is 0.376. The molecule has 9 heteroatoms. The number of methoxy groups -OCH3 is 2. The van der Waals surface area contributed by atoms with E-state index in [1.165, 1.54) is 7.11 Å². The van der Waals surface area contributed by atoms with Crippen molar-refractivity contribution in [3.8, 4) is 5.75 Å². The minimum absolute atomic E-state index is 0.0115. The average molecular weight is 569 g/mol. The van der Waals surface area contributed by atoms with Crippen molar-refractivity contribution in [1.29, 1.82) is 0 Å². The molecule has 4 atom stereocenters. The van der Waals surface area contributed by atoms with Gasteiger partial charge in [0, 0.05) is 6.42 Å². The Morgan fingerprint density at radius 2 is 1.55 bits per heavy atom. The highest BCUT2D eigenvalue weighted by atomic mass is 28.4. The summed E-state index contributed by atoms with van der Waals surface area (Å²) in [6.45, 7) is 24.8. The molecule has 0 unspecified atom stereocenters. The van der Waals surface area contributed by atoms with Gasteiger partial charge in [0.2, 0.25) is 0 Å². The van der Waals surface area contributed by atoms with Crippen molar-refractivity contribution in [2.45, 2.75) is 122 Å². The minimum atomic E-state index is -2.19. The molecule has 1 fully saturated rings. The second kappa shape index (κ2) is 12.1. The van der Waals surface area contributed by atoms with Gasteiger partial charge >= 0.3 is 5.97 Å². The molecule has 0 spiro atoms. The van der Waals surface area contributed by atoms with E-state index in [4.69, 9.17) is 27.8 Å². The highest BCUT2D eigenvalue weighted by molar-refractivity contribution is 6.74. The molecule has 0 amide bonds. The smallest absolute Gasteiger partial charge is 0.337 e. The van der Waals surface area contributed by atoms with Gasteiger partial charge in [0.05, 0.1) is 39.1 Å². The van der Waals surface area contributed by atoms with Gasteiger partial charge < -0.3 is 27.8 Å². The Labute approximate surface area is 233 Å². The van der Waals surface area contributed by atoms with Gasteiger partial charge in [-0.3, -0.25) is 0 Å². The van der Waals surface area contributed by atoms with E-state index in [-0.39, 0.29) is 10.1 Å². The van der Waals surface area contributed by atoms with Crippen LogP contribution in [0.15, 0.2) is 24.3 Å². The Bertz CT molecular complexity index is 918. The second-order valence-electron chi connectivity index (χ2n) is 13.7. The normalized spacial score (nSPS) is 23.8. The minimum Gasteiger partial charge on any atom is -0.497 e. The van der Waals surface area contributed by atoms with Crippen molar-refractivity contribution >= 4 is 22.6 Å². The molecule has 2 rings (SSSR count). The average Bonchev–Trinajstić information content (AvgIpc) is 3.13. The van der Waals surface area contributed by atoms with Crippen LogP contribution in [0.25, 0.3) is 0 Å². The van der Waals surface area contributed by atoms with Crippen molar-refractivity contribution in [3.05, 3.63) is 29.8 Å². The maximum absolute atomic E-state index is 12.9. The molecule has 1 aliphatic rings. The molecule has 0 saturated carbocycles. The highest BCUT2D eigenvalue weighted by Gasteiger charge is 2.55. The van der Waals surface area contributed by atoms with Gasteiger partial charge in [-0.1, -0.05) is 53.7 Å². The van der Waals surface area contributed by atoms with Gasteiger partial charge in [-0.15, -0.1) is 0 Å². The zero-order valence-electron chi connectivity index (χ0n) is 26.0. The largest absolute Gasteiger partial charge is 0.497 e. The van der Waals surface area contributed by atoms with Crippen LogP contribution in [0.1, 0.15) is 60.5 Å². The summed E-state index contributed by atoms with van der Waals surface area (Å²) in [4.78, 5) is 12.9. The van der Waals surface area contributed by atoms with E-state index in [0.717, 1.165) is 11.3 Å². The predicted octanol–water partition coefficient (Wildman–Crippen LogP) is 6.71. The first-order valence-electron chi connectivity index (χ1n) is 13.6. The van der Waals surface area contributed by atoms with E-state index >= 15 is 0 Å². The Balaban J connectivity index is 2.36. The van der Waals surface area contributed by atoms with Crippen LogP contribution in [0.5, 0.6) is 5.75 Å². The third-order valence-corrected chi connectivity index (χ3v) is 17.7. The lowest BCUT2D eigenvalue weighted by molar-refractivity contribution is -0.176. The second-order valence-corrected chi connectivity index (χ2v) is 23.3. The Morgan fingerprint density at radius 3 is 2.03 bits per heavy atom. The highest BCUT2D eigenvalue weighted by Crippen LogP contribution is 2.44. The summed E-state index contributed by atoms with van der Waals surface area (Å²) < 4.78 is 36.9. The van der Waals surface area contributed by atoms with Gasteiger partial charge in [-0.05, 0) is 60.9 Å².